The van der Waals surface area contributed by atoms with Crippen LogP contribution in [0.25, 0.3) is 10.9 Å². The Bertz CT molecular complexity index is 916. The van der Waals surface area contributed by atoms with Gasteiger partial charge in [0.15, 0.2) is 0 Å². The fourth-order valence-corrected chi connectivity index (χ4v) is 3.36. The van der Waals surface area contributed by atoms with Gasteiger partial charge >= 0.3 is 0 Å². The maximum atomic E-state index is 12.5. The van der Waals surface area contributed by atoms with Gasteiger partial charge in [-0.1, -0.05) is 6.07 Å². The molecular weight excluding hydrogens is 288 g/mol. The molecule has 0 bridgehead atoms. The van der Waals surface area contributed by atoms with E-state index in [0.717, 1.165) is 5.56 Å². The smallest absolute Gasteiger partial charge is 0.265 e. The lowest BCUT2D eigenvalue weighted by atomic mass is 10.2. The normalized spacial score (nSPS) is 11.7. The van der Waals surface area contributed by atoms with Crippen molar-refractivity contribution in [1.82, 2.24) is 9.97 Å². The summed E-state index contributed by atoms with van der Waals surface area (Å²) in [6.45, 7) is 1.79. The van der Waals surface area contributed by atoms with Crippen LogP contribution in [0.3, 0.4) is 0 Å². The number of H-pyrrole nitrogens is 1. The third kappa shape index (κ3) is 2.43. The monoisotopic (exact) mass is 302 g/mol. The molecule has 0 saturated carbocycles. The Morgan fingerprint density at radius 2 is 2.10 bits per heavy atom. The molecule has 3 rings (SSSR count). The molecule has 0 radical (unpaired) electrons. The van der Waals surface area contributed by atoms with Gasteiger partial charge in [0.25, 0.3) is 10.0 Å². The highest BCUT2D eigenvalue weighted by molar-refractivity contribution is 7.93. The molecule has 0 unspecified atom stereocenters. The van der Waals surface area contributed by atoms with E-state index in [1.165, 1.54) is 12.4 Å². The molecule has 0 aliphatic heterocycles. The van der Waals surface area contributed by atoms with Crippen LogP contribution < -0.4 is 10.5 Å². The van der Waals surface area contributed by atoms with Crippen molar-refractivity contribution in [3.63, 3.8) is 0 Å². The van der Waals surface area contributed by atoms with Crippen molar-refractivity contribution >= 4 is 32.4 Å². The number of nitrogens with zero attached hydrogens (tertiary/aromatic N) is 1. The quantitative estimate of drug-likeness (QED) is 0.646. The molecule has 0 fully saturated rings. The Balaban J connectivity index is 2.09. The Labute approximate surface area is 122 Å². The molecule has 0 amide bonds. The highest BCUT2D eigenvalue weighted by Crippen LogP contribution is 2.26. The highest BCUT2D eigenvalue weighted by atomic mass is 32.2. The predicted octanol–water partition coefficient (Wildman–Crippen LogP) is 2.25. The van der Waals surface area contributed by atoms with Gasteiger partial charge in [0, 0.05) is 29.0 Å². The Hall–Kier alpha value is -2.54. The number of benzene rings is 1. The maximum absolute atomic E-state index is 12.5. The second-order valence-corrected chi connectivity index (χ2v) is 6.38. The minimum atomic E-state index is -3.74. The molecular formula is C14H14N4O2S. The van der Waals surface area contributed by atoms with Gasteiger partial charge in [-0.15, -0.1) is 0 Å². The summed E-state index contributed by atoms with van der Waals surface area (Å²) in [7, 11) is -3.74. The summed E-state index contributed by atoms with van der Waals surface area (Å²) in [5, 5.41) is 0.552. The zero-order valence-corrected chi connectivity index (χ0v) is 12.1. The molecule has 3 aromatic rings. The molecule has 108 valence electrons. The first-order valence-electron chi connectivity index (χ1n) is 6.28. The van der Waals surface area contributed by atoms with Crippen LogP contribution in [-0.2, 0) is 10.0 Å². The Morgan fingerprint density at radius 1 is 1.29 bits per heavy atom. The SMILES string of the molecule is Cc1cccnc1NS(=O)(=O)c1c[nH]c2ccc(N)cc12. The highest BCUT2D eigenvalue weighted by Gasteiger charge is 2.20. The number of nitrogens with two attached hydrogens (primary N) is 1. The summed E-state index contributed by atoms with van der Waals surface area (Å²) < 4.78 is 27.6. The van der Waals surface area contributed by atoms with E-state index in [4.69, 9.17) is 5.73 Å². The molecule has 0 atom stereocenters. The summed E-state index contributed by atoms with van der Waals surface area (Å²) in [5.74, 6) is 0.316. The van der Waals surface area contributed by atoms with Gasteiger partial charge in [-0.2, -0.15) is 0 Å². The van der Waals surface area contributed by atoms with E-state index < -0.39 is 10.0 Å². The van der Waals surface area contributed by atoms with Gasteiger partial charge < -0.3 is 10.7 Å². The number of nitrogens with one attached hydrogen (secondary N) is 2. The van der Waals surface area contributed by atoms with E-state index in [2.05, 4.69) is 14.7 Å². The lowest BCUT2D eigenvalue weighted by Crippen LogP contribution is -2.14. The van der Waals surface area contributed by atoms with Crippen LogP contribution in [0.15, 0.2) is 47.6 Å². The van der Waals surface area contributed by atoms with Crippen LogP contribution in [0.4, 0.5) is 11.5 Å². The van der Waals surface area contributed by atoms with Gasteiger partial charge in [-0.05, 0) is 36.8 Å². The Morgan fingerprint density at radius 3 is 2.86 bits per heavy atom. The number of fused-ring (bicyclic) bond motifs is 1. The number of pyridine rings is 1. The number of aromatic amines is 1. The second kappa shape index (κ2) is 4.78. The molecule has 7 heteroatoms. The lowest BCUT2D eigenvalue weighted by Gasteiger charge is -2.08. The molecule has 0 saturated heterocycles. The summed E-state index contributed by atoms with van der Waals surface area (Å²) in [5.41, 5.74) is 7.70. The predicted molar refractivity (Wildman–Crippen MR) is 82.5 cm³/mol. The number of anilines is 2. The third-order valence-electron chi connectivity index (χ3n) is 3.20. The summed E-state index contributed by atoms with van der Waals surface area (Å²) >= 11 is 0. The van der Waals surface area contributed by atoms with E-state index in [1.807, 2.05) is 0 Å². The average Bonchev–Trinajstić information content (AvgIpc) is 2.85. The molecule has 0 aliphatic carbocycles. The van der Waals surface area contributed by atoms with E-state index in [0.29, 0.717) is 22.4 Å². The van der Waals surface area contributed by atoms with Crippen LogP contribution >= 0.6 is 0 Å². The van der Waals surface area contributed by atoms with Crippen LogP contribution in [0.2, 0.25) is 0 Å². The van der Waals surface area contributed by atoms with Gasteiger partial charge in [0.1, 0.15) is 10.7 Å². The fraction of sp³-hybridized carbons (Fsp3) is 0.0714. The maximum Gasteiger partial charge on any atom is 0.265 e. The van der Waals surface area contributed by atoms with E-state index in [9.17, 15) is 8.42 Å². The van der Waals surface area contributed by atoms with Crippen molar-refractivity contribution < 1.29 is 8.42 Å². The Kier molecular flexibility index (Phi) is 3.06. The van der Waals surface area contributed by atoms with Gasteiger partial charge in [0.05, 0.1) is 0 Å². The number of aryl methyl sites for hydroxylation is 1. The molecule has 2 heterocycles. The number of hydrogen-bond acceptors (Lipinski definition) is 4. The zero-order chi connectivity index (χ0) is 15.0. The van der Waals surface area contributed by atoms with Gasteiger partial charge in [-0.3, -0.25) is 4.72 Å². The summed E-state index contributed by atoms with van der Waals surface area (Å²) in [6, 6.07) is 8.63. The van der Waals surface area contributed by atoms with Crippen LogP contribution in [-0.4, -0.2) is 18.4 Å². The molecule has 4 N–H and O–H groups in total. The first kappa shape index (κ1) is 13.4. The zero-order valence-electron chi connectivity index (χ0n) is 11.3. The van der Waals surface area contributed by atoms with Crippen LogP contribution in [0.1, 0.15) is 5.56 Å². The molecule has 2 aromatic heterocycles. The standard InChI is InChI=1S/C14H14N4O2S/c1-9-3-2-6-16-14(9)18-21(19,20)13-8-17-12-5-4-10(15)7-11(12)13/h2-8,17H,15H2,1H3,(H,16,18). The van der Waals surface area contributed by atoms with E-state index >= 15 is 0 Å². The van der Waals surface area contributed by atoms with Crippen molar-refractivity contribution in [2.24, 2.45) is 0 Å². The molecule has 6 nitrogen and oxygen atoms in total. The van der Waals surface area contributed by atoms with Crippen molar-refractivity contribution in [3.05, 3.63) is 48.3 Å². The van der Waals surface area contributed by atoms with Crippen molar-refractivity contribution in [2.75, 3.05) is 10.5 Å². The van der Waals surface area contributed by atoms with Gasteiger partial charge in [-0.25, -0.2) is 13.4 Å². The minimum Gasteiger partial charge on any atom is -0.399 e. The van der Waals surface area contributed by atoms with E-state index in [1.54, 1.807) is 37.3 Å². The van der Waals surface area contributed by atoms with Crippen LogP contribution in [0.5, 0.6) is 0 Å². The minimum absolute atomic E-state index is 0.148. The molecule has 0 aliphatic rings. The average molecular weight is 302 g/mol. The molecule has 0 spiro atoms. The summed E-state index contributed by atoms with van der Waals surface area (Å²) in [6.07, 6.45) is 2.99. The lowest BCUT2D eigenvalue weighted by molar-refractivity contribution is 0.602. The number of rotatable bonds is 3. The third-order valence-corrected chi connectivity index (χ3v) is 4.58. The number of sulfonamides is 1. The second-order valence-electron chi connectivity index (χ2n) is 4.73. The molecule has 1 aromatic carbocycles. The molecule has 21 heavy (non-hydrogen) atoms. The van der Waals surface area contributed by atoms with Gasteiger partial charge in [0.2, 0.25) is 0 Å². The van der Waals surface area contributed by atoms with Crippen molar-refractivity contribution in [2.45, 2.75) is 11.8 Å². The van der Waals surface area contributed by atoms with E-state index in [-0.39, 0.29) is 4.90 Å². The van der Waals surface area contributed by atoms with Crippen LogP contribution in [0, 0.1) is 6.92 Å². The number of nitrogen functional groups attached to an aromatic ring is 1. The van der Waals surface area contributed by atoms with Crippen molar-refractivity contribution in [1.29, 1.82) is 0 Å². The number of aromatic nitrogens is 2. The first-order valence-corrected chi connectivity index (χ1v) is 7.77. The largest absolute Gasteiger partial charge is 0.399 e. The summed E-state index contributed by atoms with van der Waals surface area (Å²) in [4.78, 5) is 7.12. The first-order chi connectivity index (χ1) is 9.97. The number of hydrogen-bond donors (Lipinski definition) is 3. The topological polar surface area (TPSA) is 101 Å². The fourth-order valence-electron chi connectivity index (χ4n) is 2.11. The van der Waals surface area contributed by atoms with Crippen molar-refractivity contribution in [3.8, 4) is 0 Å².